The fraction of sp³-hybridized carbons (Fsp3) is 0.429. The number of sulfonamides is 1. The molecule has 2 aromatic rings. The highest BCUT2D eigenvalue weighted by Crippen LogP contribution is 2.27. The molecule has 0 aliphatic carbocycles. The number of halogens is 1. The maximum Gasteiger partial charge on any atom is 0.252 e. The summed E-state index contributed by atoms with van der Waals surface area (Å²) in [5.41, 5.74) is 6.18. The minimum atomic E-state index is -3.52. The Balaban J connectivity index is 1.55. The van der Waals surface area contributed by atoms with E-state index in [1.54, 1.807) is 18.2 Å². The summed E-state index contributed by atoms with van der Waals surface area (Å²) in [5.74, 6) is -1.89. The second-order valence-electron chi connectivity index (χ2n) is 7.60. The largest absolute Gasteiger partial charge is 0.369 e. The van der Waals surface area contributed by atoms with Gasteiger partial charge in [0.1, 0.15) is 10.0 Å². The molecule has 0 bridgehead atoms. The molecule has 1 aliphatic heterocycles. The molecule has 0 radical (unpaired) electrons. The van der Waals surface area contributed by atoms with E-state index in [2.05, 4.69) is 5.32 Å². The van der Waals surface area contributed by atoms with Gasteiger partial charge in [-0.2, -0.15) is 4.31 Å². The van der Waals surface area contributed by atoms with Crippen LogP contribution in [0.4, 0.5) is 4.39 Å². The monoisotopic (exact) mass is 467 g/mol. The molecule has 168 valence electrons. The number of nitrogens with two attached hydrogens (primary N) is 1. The Kier molecular flexibility index (Phi) is 7.79. The standard InChI is InChI=1S/C21H26FN3O4S2/c22-17-6-4-15(5-7-17)12-16(21(23)27)14-24-19(26)13-18-8-9-20(30-18)31(28,29)25-10-2-1-3-11-25/h4-9,16H,1-3,10-14H2,(H2,23,27)(H,24,26). The van der Waals surface area contributed by atoms with E-state index < -0.39 is 21.8 Å². The first-order chi connectivity index (χ1) is 14.8. The molecule has 2 amide bonds. The van der Waals surface area contributed by atoms with E-state index >= 15 is 0 Å². The molecule has 1 atom stereocenters. The van der Waals surface area contributed by atoms with E-state index in [-0.39, 0.29) is 35.3 Å². The molecular formula is C21H26FN3O4S2. The SMILES string of the molecule is NC(=O)C(CNC(=O)Cc1ccc(S(=O)(=O)N2CCCCC2)s1)Cc1ccc(F)cc1. The zero-order valence-electron chi connectivity index (χ0n) is 17.1. The van der Waals surface area contributed by atoms with Gasteiger partial charge < -0.3 is 11.1 Å². The van der Waals surface area contributed by atoms with Gasteiger partial charge in [-0.1, -0.05) is 18.6 Å². The quantitative estimate of drug-likeness (QED) is 0.588. The third-order valence-corrected chi connectivity index (χ3v) is 8.68. The summed E-state index contributed by atoms with van der Waals surface area (Å²) >= 11 is 1.09. The number of hydrogen-bond donors (Lipinski definition) is 2. The predicted molar refractivity (Wildman–Crippen MR) is 116 cm³/mol. The van der Waals surface area contributed by atoms with Crippen LogP contribution in [0.2, 0.25) is 0 Å². The second-order valence-corrected chi connectivity index (χ2v) is 10.9. The van der Waals surface area contributed by atoms with Crippen LogP contribution in [-0.2, 0) is 32.5 Å². The zero-order chi connectivity index (χ0) is 22.4. The number of hydrogen-bond acceptors (Lipinski definition) is 5. The highest BCUT2D eigenvalue weighted by atomic mass is 32.2. The number of amides is 2. The zero-order valence-corrected chi connectivity index (χ0v) is 18.7. The van der Waals surface area contributed by atoms with E-state index in [9.17, 15) is 22.4 Å². The summed E-state index contributed by atoms with van der Waals surface area (Å²) in [6.07, 6.45) is 3.06. The summed E-state index contributed by atoms with van der Waals surface area (Å²) in [6.45, 7) is 1.10. The number of rotatable bonds is 9. The minimum absolute atomic E-state index is 0.0161. The molecule has 7 nitrogen and oxygen atoms in total. The number of nitrogens with zero attached hydrogens (tertiary/aromatic N) is 1. The maximum atomic E-state index is 13.0. The first kappa shape index (κ1) is 23.4. The van der Waals surface area contributed by atoms with E-state index in [1.165, 1.54) is 22.5 Å². The van der Waals surface area contributed by atoms with Gasteiger partial charge >= 0.3 is 0 Å². The third-order valence-electron chi connectivity index (χ3n) is 5.22. The molecular weight excluding hydrogens is 441 g/mol. The molecule has 3 rings (SSSR count). The molecule has 3 N–H and O–H groups in total. The Hall–Kier alpha value is -2.30. The summed E-state index contributed by atoms with van der Waals surface area (Å²) in [4.78, 5) is 24.7. The Bertz CT molecular complexity index is 1020. The number of benzene rings is 1. The van der Waals surface area contributed by atoms with Crippen LogP contribution in [0.25, 0.3) is 0 Å². The maximum absolute atomic E-state index is 13.0. The van der Waals surface area contributed by atoms with Gasteiger partial charge in [-0.25, -0.2) is 12.8 Å². The summed E-state index contributed by atoms with van der Waals surface area (Å²) < 4.78 is 40.2. The minimum Gasteiger partial charge on any atom is -0.369 e. The van der Waals surface area contributed by atoms with Crippen molar-refractivity contribution in [1.29, 1.82) is 0 Å². The fourth-order valence-electron chi connectivity index (χ4n) is 3.46. The van der Waals surface area contributed by atoms with E-state index in [1.807, 2.05) is 0 Å². The fourth-order valence-corrected chi connectivity index (χ4v) is 6.49. The molecule has 10 heteroatoms. The molecule has 1 fully saturated rings. The van der Waals surface area contributed by atoms with Gasteiger partial charge in [0.2, 0.25) is 11.8 Å². The van der Waals surface area contributed by atoms with Gasteiger partial charge in [-0.05, 0) is 49.1 Å². The molecule has 0 spiro atoms. The van der Waals surface area contributed by atoms with Crippen LogP contribution in [-0.4, -0.2) is 44.2 Å². The highest BCUT2D eigenvalue weighted by Gasteiger charge is 2.27. The first-order valence-corrected chi connectivity index (χ1v) is 12.4. The average molecular weight is 468 g/mol. The summed E-state index contributed by atoms with van der Waals surface area (Å²) in [6, 6.07) is 8.94. The van der Waals surface area contributed by atoms with Crippen LogP contribution in [0.3, 0.4) is 0 Å². The lowest BCUT2D eigenvalue weighted by atomic mass is 9.98. The Morgan fingerprint density at radius 1 is 1.10 bits per heavy atom. The van der Waals surface area contributed by atoms with Gasteiger partial charge in [0.05, 0.1) is 12.3 Å². The molecule has 1 aliphatic rings. The molecule has 31 heavy (non-hydrogen) atoms. The Morgan fingerprint density at radius 3 is 2.42 bits per heavy atom. The number of piperidine rings is 1. The van der Waals surface area contributed by atoms with Gasteiger partial charge in [-0.3, -0.25) is 9.59 Å². The molecule has 1 unspecified atom stereocenters. The normalized spacial score (nSPS) is 16.0. The number of carbonyl (C=O) groups is 2. The number of primary amides is 1. The van der Waals surface area contributed by atoms with Gasteiger partial charge in [0.15, 0.2) is 0 Å². The van der Waals surface area contributed by atoms with Crippen molar-refractivity contribution in [1.82, 2.24) is 9.62 Å². The van der Waals surface area contributed by atoms with Crippen LogP contribution in [0.1, 0.15) is 29.7 Å². The lowest BCUT2D eigenvalue weighted by molar-refractivity contribution is -0.123. The van der Waals surface area contributed by atoms with Crippen LogP contribution in [0, 0.1) is 11.7 Å². The highest BCUT2D eigenvalue weighted by molar-refractivity contribution is 7.91. The predicted octanol–water partition coefficient (Wildman–Crippen LogP) is 2.06. The lowest BCUT2D eigenvalue weighted by Gasteiger charge is -2.25. The number of thiophene rings is 1. The van der Waals surface area contributed by atoms with Crippen LogP contribution in [0.15, 0.2) is 40.6 Å². The smallest absolute Gasteiger partial charge is 0.252 e. The topological polar surface area (TPSA) is 110 Å². The molecule has 1 aromatic carbocycles. The second kappa shape index (κ2) is 10.3. The molecule has 1 saturated heterocycles. The molecule has 0 saturated carbocycles. The average Bonchev–Trinajstić information content (AvgIpc) is 3.22. The Labute approximate surface area is 185 Å². The molecule has 1 aromatic heterocycles. The van der Waals surface area contributed by atoms with Gasteiger partial charge in [0.25, 0.3) is 10.0 Å². The van der Waals surface area contributed by atoms with Crippen molar-refractivity contribution in [3.63, 3.8) is 0 Å². The lowest BCUT2D eigenvalue weighted by Crippen LogP contribution is -2.37. The number of carbonyl (C=O) groups excluding carboxylic acids is 2. The Morgan fingerprint density at radius 2 is 1.77 bits per heavy atom. The van der Waals surface area contributed by atoms with Crippen molar-refractivity contribution >= 4 is 33.2 Å². The summed E-state index contributed by atoms with van der Waals surface area (Å²) in [7, 11) is -3.52. The van der Waals surface area contributed by atoms with E-state index in [4.69, 9.17) is 5.73 Å². The third kappa shape index (κ3) is 6.34. The number of nitrogens with one attached hydrogen (secondary N) is 1. The van der Waals surface area contributed by atoms with Crippen molar-refractivity contribution in [2.75, 3.05) is 19.6 Å². The van der Waals surface area contributed by atoms with Crippen LogP contribution < -0.4 is 11.1 Å². The van der Waals surface area contributed by atoms with E-state index in [0.717, 1.165) is 36.2 Å². The first-order valence-electron chi connectivity index (χ1n) is 10.1. The van der Waals surface area contributed by atoms with Crippen molar-refractivity contribution in [2.24, 2.45) is 11.7 Å². The van der Waals surface area contributed by atoms with Gasteiger partial charge in [-0.15, -0.1) is 11.3 Å². The van der Waals surface area contributed by atoms with Crippen molar-refractivity contribution < 1.29 is 22.4 Å². The van der Waals surface area contributed by atoms with Gasteiger partial charge in [0, 0.05) is 24.5 Å². The van der Waals surface area contributed by atoms with Crippen molar-refractivity contribution in [3.05, 3.63) is 52.7 Å². The molecule has 2 heterocycles. The van der Waals surface area contributed by atoms with Crippen LogP contribution >= 0.6 is 11.3 Å². The van der Waals surface area contributed by atoms with Crippen LogP contribution in [0.5, 0.6) is 0 Å². The van der Waals surface area contributed by atoms with Crippen molar-refractivity contribution in [3.8, 4) is 0 Å². The van der Waals surface area contributed by atoms with E-state index in [0.29, 0.717) is 18.0 Å². The van der Waals surface area contributed by atoms with Crippen molar-refractivity contribution in [2.45, 2.75) is 36.3 Å². The summed E-state index contributed by atoms with van der Waals surface area (Å²) in [5, 5.41) is 2.69.